The SMILES string of the molecule is CC(=O)c1cccc(N2CC(O)CC2(C)C)c1. The number of rotatable bonds is 2. The maximum atomic E-state index is 11.4. The topological polar surface area (TPSA) is 40.5 Å². The second-order valence-corrected chi connectivity index (χ2v) is 5.39. The molecule has 1 unspecified atom stereocenters. The first-order chi connectivity index (χ1) is 7.90. The fourth-order valence-electron chi connectivity index (χ4n) is 2.56. The monoisotopic (exact) mass is 233 g/mol. The van der Waals surface area contributed by atoms with Crippen molar-refractivity contribution in [3.05, 3.63) is 29.8 Å². The molecule has 92 valence electrons. The molecular weight excluding hydrogens is 214 g/mol. The van der Waals surface area contributed by atoms with E-state index in [0.717, 1.165) is 17.7 Å². The molecule has 0 amide bonds. The number of anilines is 1. The highest BCUT2D eigenvalue weighted by atomic mass is 16.3. The van der Waals surface area contributed by atoms with Gasteiger partial charge in [0.25, 0.3) is 0 Å². The molecule has 1 N–H and O–H groups in total. The summed E-state index contributed by atoms with van der Waals surface area (Å²) in [4.78, 5) is 13.5. The van der Waals surface area contributed by atoms with Gasteiger partial charge in [-0.1, -0.05) is 12.1 Å². The highest BCUT2D eigenvalue weighted by molar-refractivity contribution is 5.95. The molecule has 3 heteroatoms. The van der Waals surface area contributed by atoms with E-state index in [1.807, 2.05) is 24.3 Å². The molecule has 17 heavy (non-hydrogen) atoms. The molecule has 1 atom stereocenters. The maximum Gasteiger partial charge on any atom is 0.159 e. The van der Waals surface area contributed by atoms with Gasteiger partial charge in [-0.2, -0.15) is 0 Å². The van der Waals surface area contributed by atoms with Gasteiger partial charge in [0.1, 0.15) is 0 Å². The van der Waals surface area contributed by atoms with Crippen LogP contribution in [0.5, 0.6) is 0 Å². The van der Waals surface area contributed by atoms with Crippen molar-refractivity contribution in [2.45, 2.75) is 38.8 Å². The Kier molecular flexibility index (Phi) is 2.96. The molecule has 2 rings (SSSR count). The molecule has 1 aliphatic heterocycles. The van der Waals surface area contributed by atoms with E-state index in [1.54, 1.807) is 6.92 Å². The molecule has 3 nitrogen and oxygen atoms in total. The van der Waals surface area contributed by atoms with Gasteiger partial charge in [0, 0.05) is 23.3 Å². The smallest absolute Gasteiger partial charge is 0.159 e. The van der Waals surface area contributed by atoms with Crippen molar-refractivity contribution in [2.75, 3.05) is 11.4 Å². The summed E-state index contributed by atoms with van der Waals surface area (Å²) in [6.45, 7) is 6.44. The molecule has 1 aromatic carbocycles. The molecule has 1 saturated heterocycles. The normalized spacial score (nSPS) is 22.8. The van der Waals surface area contributed by atoms with Crippen LogP contribution in [0.15, 0.2) is 24.3 Å². The van der Waals surface area contributed by atoms with E-state index in [0.29, 0.717) is 6.54 Å². The second kappa shape index (κ2) is 4.15. The molecule has 0 saturated carbocycles. The van der Waals surface area contributed by atoms with Gasteiger partial charge in [-0.05, 0) is 39.3 Å². The summed E-state index contributed by atoms with van der Waals surface area (Å²) >= 11 is 0. The standard InChI is InChI=1S/C14H19NO2/c1-10(16)11-5-4-6-12(7-11)15-9-13(17)8-14(15,2)3/h4-7,13,17H,8-9H2,1-3H3. The molecule has 1 fully saturated rings. The lowest BCUT2D eigenvalue weighted by atomic mass is 10.0. The Bertz CT molecular complexity index is 440. The van der Waals surface area contributed by atoms with Crippen LogP contribution in [0.25, 0.3) is 0 Å². The zero-order valence-corrected chi connectivity index (χ0v) is 10.6. The lowest BCUT2D eigenvalue weighted by Crippen LogP contribution is -2.38. The summed E-state index contributed by atoms with van der Waals surface area (Å²) in [6.07, 6.45) is 0.475. The van der Waals surface area contributed by atoms with Crippen molar-refractivity contribution in [1.29, 1.82) is 0 Å². The van der Waals surface area contributed by atoms with Crippen LogP contribution in [-0.4, -0.2) is 29.1 Å². The van der Waals surface area contributed by atoms with Crippen molar-refractivity contribution in [2.24, 2.45) is 0 Å². The Labute approximate surface area is 102 Å². The Morgan fingerprint density at radius 2 is 2.18 bits per heavy atom. The van der Waals surface area contributed by atoms with E-state index >= 15 is 0 Å². The highest BCUT2D eigenvalue weighted by Crippen LogP contribution is 2.34. The number of β-amino-alcohol motifs (C(OH)–C–C–N with tert-alkyl or cyclic N) is 1. The van der Waals surface area contributed by atoms with Crippen LogP contribution in [-0.2, 0) is 0 Å². The molecule has 0 bridgehead atoms. The van der Waals surface area contributed by atoms with E-state index in [1.165, 1.54) is 0 Å². The van der Waals surface area contributed by atoms with Crippen LogP contribution in [0.1, 0.15) is 37.6 Å². The number of hydrogen-bond donors (Lipinski definition) is 1. The second-order valence-electron chi connectivity index (χ2n) is 5.39. The summed E-state index contributed by atoms with van der Waals surface area (Å²) in [7, 11) is 0. The molecule has 0 radical (unpaired) electrons. The number of Topliss-reactive ketones (excluding diaryl/α,β-unsaturated/α-hetero) is 1. The van der Waals surface area contributed by atoms with Crippen LogP contribution < -0.4 is 4.90 Å². The highest BCUT2D eigenvalue weighted by Gasteiger charge is 2.37. The van der Waals surface area contributed by atoms with Crippen LogP contribution in [0.2, 0.25) is 0 Å². The van der Waals surface area contributed by atoms with E-state index in [2.05, 4.69) is 18.7 Å². The first-order valence-corrected chi connectivity index (χ1v) is 5.97. The van der Waals surface area contributed by atoms with Gasteiger partial charge in [0.15, 0.2) is 5.78 Å². The third-order valence-corrected chi connectivity index (χ3v) is 3.42. The summed E-state index contributed by atoms with van der Waals surface area (Å²) in [5, 5.41) is 9.77. The third-order valence-electron chi connectivity index (χ3n) is 3.42. The Balaban J connectivity index is 2.34. The van der Waals surface area contributed by atoms with E-state index < -0.39 is 0 Å². The van der Waals surface area contributed by atoms with E-state index in [9.17, 15) is 9.90 Å². The first-order valence-electron chi connectivity index (χ1n) is 5.97. The number of nitrogens with zero attached hydrogens (tertiary/aromatic N) is 1. The Morgan fingerprint density at radius 1 is 1.47 bits per heavy atom. The third kappa shape index (κ3) is 2.34. The van der Waals surface area contributed by atoms with Gasteiger partial charge in [-0.25, -0.2) is 0 Å². The zero-order valence-electron chi connectivity index (χ0n) is 10.6. The molecule has 1 aromatic rings. The molecule has 1 heterocycles. The van der Waals surface area contributed by atoms with Crippen molar-refractivity contribution in [1.82, 2.24) is 0 Å². The van der Waals surface area contributed by atoms with Crippen LogP contribution in [0.3, 0.4) is 0 Å². The molecular formula is C14H19NO2. The predicted octanol–water partition coefficient (Wildman–Crippen LogP) is 2.24. The number of ketones is 1. The van der Waals surface area contributed by atoms with Gasteiger partial charge < -0.3 is 10.0 Å². The number of aliphatic hydroxyl groups is 1. The molecule has 1 aliphatic rings. The Morgan fingerprint density at radius 3 is 2.71 bits per heavy atom. The lowest BCUT2D eigenvalue weighted by molar-refractivity contribution is 0.101. The van der Waals surface area contributed by atoms with E-state index in [-0.39, 0.29) is 17.4 Å². The predicted molar refractivity (Wildman–Crippen MR) is 68.5 cm³/mol. The van der Waals surface area contributed by atoms with Crippen LogP contribution in [0.4, 0.5) is 5.69 Å². The Hall–Kier alpha value is -1.35. The molecule has 0 aliphatic carbocycles. The maximum absolute atomic E-state index is 11.4. The zero-order chi connectivity index (χ0) is 12.6. The van der Waals surface area contributed by atoms with Crippen LogP contribution >= 0.6 is 0 Å². The minimum absolute atomic E-state index is 0.0607. The summed E-state index contributed by atoms with van der Waals surface area (Å²) in [5.41, 5.74) is 1.67. The minimum atomic E-state index is -0.286. The number of aliphatic hydroxyl groups excluding tert-OH is 1. The van der Waals surface area contributed by atoms with Gasteiger partial charge >= 0.3 is 0 Å². The average Bonchev–Trinajstić information content (AvgIpc) is 2.52. The number of carbonyl (C=O) groups excluding carboxylic acids is 1. The number of carbonyl (C=O) groups is 1. The number of benzene rings is 1. The summed E-state index contributed by atoms with van der Waals surface area (Å²) in [5.74, 6) is 0.0735. The van der Waals surface area contributed by atoms with Crippen LogP contribution in [0, 0.1) is 0 Å². The van der Waals surface area contributed by atoms with Crippen molar-refractivity contribution in [3.8, 4) is 0 Å². The fourth-order valence-corrected chi connectivity index (χ4v) is 2.56. The van der Waals surface area contributed by atoms with Gasteiger partial charge in [-0.15, -0.1) is 0 Å². The first kappa shape index (κ1) is 12.1. The molecule has 0 spiro atoms. The summed E-state index contributed by atoms with van der Waals surface area (Å²) < 4.78 is 0. The number of hydrogen-bond acceptors (Lipinski definition) is 3. The minimum Gasteiger partial charge on any atom is -0.391 e. The van der Waals surface area contributed by atoms with Crippen molar-refractivity contribution < 1.29 is 9.90 Å². The lowest BCUT2D eigenvalue weighted by Gasteiger charge is -2.33. The van der Waals surface area contributed by atoms with Gasteiger partial charge in [0.2, 0.25) is 0 Å². The van der Waals surface area contributed by atoms with Crippen molar-refractivity contribution in [3.63, 3.8) is 0 Å². The quantitative estimate of drug-likeness (QED) is 0.796. The van der Waals surface area contributed by atoms with Gasteiger partial charge in [-0.3, -0.25) is 4.79 Å². The largest absolute Gasteiger partial charge is 0.391 e. The fraction of sp³-hybridized carbons (Fsp3) is 0.500. The summed E-state index contributed by atoms with van der Waals surface area (Å²) in [6, 6.07) is 7.62. The van der Waals surface area contributed by atoms with Crippen molar-refractivity contribution >= 4 is 11.5 Å². The van der Waals surface area contributed by atoms with Gasteiger partial charge in [0.05, 0.1) is 6.10 Å². The average molecular weight is 233 g/mol. The van der Waals surface area contributed by atoms with E-state index in [4.69, 9.17) is 0 Å². The molecule has 0 aromatic heterocycles.